The van der Waals surface area contributed by atoms with Crippen molar-refractivity contribution in [2.24, 2.45) is 0 Å². The van der Waals surface area contributed by atoms with Gasteiger partial charge in [0.25, 0.3) is 0 Å². The van der Waals surface area contributed by atoms with Crippen molar-refractivity contribution in [3.8, 4) is 17.2 Å². The standard InChI is InChI=1S/C20H20N2O4/c1-12(23)22-19(15-9-7-14(25-2)11-17(15)26-3)16-8-6-13-5-4-10-21-18(13)20(16)24/h4-11,19,24H,1-3H3,(H,22,23)/t19-/m0/s1. The summed E-state index contributed by atoms with van der Waals surface area (Å²) in [4.78, 5) is 16.1. The van der Waals surface area contributed by atoms with Crippen LogP contribution in [0, 0.1) is 0 Å². The molecule has 2 aromatic carbocycles. The lowest BCUT2D eigenvalue weighted by Gasteiger charge is -2.23. The molecule has 6 nitrogen and oxygen atoms in total. The number of carbonyl (C=O) groups is 1. The lowest BCUT2D eigenvalue weighted by atomic mass is 9.95. The number of nitrogens with zero attached hydrogens (tertiary/aromatic N) is 1. The van der Waals surface area contributed by atoms with Crippen LogP contribution in [0.5, 0.6) is 17.2 Å². The number of phenolic OH excluding ortho intramolecular Hbond substituents is 1. The van der Waals surface area contributed by atoms with Crippen molar-refractivity contribution in [1.82, 2.24) is 10.3 Å². The van der Waals surface area contributed by atoms with Crippen LogP contribution in [-0.2, 0) is 4.79 Å². The molecule has 1 aromatic heterocycles. The molecule has 0 spiro atoms. The molecule has 134 valence electrons. The molecule has 0 unspecified atom stereocenters. The molecule has 1 heterocycles. The maximum Gasteiger partial charge on any atom is 0.217 e. The van der Waals surface area contributed by atoms with Gasteiger partial charge in [0.05, 0.1) is 20.3 Å². The first-order chi connectivity index (χ1) is 12.5. The number of amides is 1. The number of hydrogen-bond acceptors (Lipinski definition) is 5. The number of carbonyl (C=O) groups excluding carboxylic acids is 1. The number of aromatic hydroxyl groups is 1. The average molecular weight is 352 g/mol. The fourth-order valence-electron chi connectivity index (χ4n) is 2.96. The smallest absolute Gasteiger partial charge is 0.217 e. The van der Waals surface area contributed by atoms with Gasteiger partial charge in [-0.15, -0.1) is 0 Å². The highest BCUT2D eigenvalue weighted by molar-refractivity contribution is 5.86. The average Bonchev–Trinajstić information content (AvgIpc) is 2.66. The van der Waals surface area contributed by atoms with Crippen molar-refractivity contribution in [3.63, 3.8) is 0 Å². The zero-order chi connectivity index (χ0) is 18.7. The molecule has 3 rings (SSSR count). The number of ether oxygens (including phenoxy) is 2. The second-order valence-corrected chi connectivity index (χ2v) is 5.82. The van der Waals surface area contributed by atoms with Crippen LogP contribution in [0.4, 0.5) is 0 Å². The van der Waals surface area contributed by atoms with Gasteiger partial charge < -0.3 is 19.9 Å². The molecule has 0 aliphatic rings. The van der Waals surface area contributed by atoms with Gasteiger partial charge in [-0.2, -0.15) is 0 Å². The molecule has 0 radical (unpaired) electrons. The highest BCUT2D eigenvalue weighted by atomic mass is 16.5. The normalized spacial score (nSPS) is 11.8. The maximum atomic E-state index is 11.8. The highest BCUT2D eigenvalue weighted by Crippen LogP contribution is 2.38. The quantitative estimate of drug-likeness (QED) is 0.737. The van der Waals surface area contributed by atoms with E-state index >= 15 is 0 Å². The Kier molecular flexibility index (Phi) is 4.93. The largest absolute Gasteiger partial charge is 0.505 e. The number of aromatic nitrogens is 1. The molecule has 0 aliphatic carbocycles. The van der Waals surface area contributed by atoms with E-state index in [0.717, 1.165) is 5.39 Å². The third kappa shape index (κ3) is 3.26. The fraction of sp³-hybridized carbons (Fsp3) is 0.200. The summed E-state index contributed by atoms with van der Waals surface area (Å²) in [7, 11) is 3.12. The fourth-order valence-corrected chi connectivity index (χ4v) is 2.96. The monoisotopic (exact) mass is 352 g/mol. The second kappa shape index (κ2) is 7.31. The summed E-state index contributed by atoms with van der Waals surface area (Å²) >= 11 is 0. The number of hydrogen-bond donors (Lipinski definition) is 2. The number of methoxy groups -OCH3 is 2. The van der Waals surface area contributed by atoms with Gasteiger partial charge in [-0.1, -0.05) is 18.2 Å². The van der Waals surface area contributed by atoms with E-state index in [1.165, 1.54) is 6.92 Å². The zero-order valence-corrected chi connectivity index (χ0v) is 14.8. The Balaban J connectivity index is 2.19. The lowest BCUT2D eigenvalue weighted by Crippen LogP contribution is -2.27. The van der Waals surface area contributed by atoms with Gasteiger partial charge in [0.15, 0.2) is 0 Å². The van der Waals surface area contributed by atoms with Crippen molar-refractivity contribution in [2.75, 3.05) is 14.2 Å². The molecular formula is C20H20N2O4. The van der Waals surface area contributed by atoms with E-state index < -0.39 is 6.04 Å². The molecule has 0 saturated carbocycles. The minimum atomic E-state index is -0.597. The Morgan fingerprint density at radius 1 is 1.12 bits per heavy atom. The third-order valence-electron chi connectivity index (χ3n) is 4.19. The second-order valence-electron chi connectivity index (χ2n) is 5.82. The molecule has 6 heteroatoms. The number of pyridine rings is 1. The van der Waals surface area contributed by atoms with E-state index in [-0.39, 0.29) is 11.7 Å². The summed E-state index contributed by atoms with van der Waals surface area (Å²) in [5, 5.41) is 14.5. The SMILES string of the molecule is COc1ccc([C@H](NC(C)=O)c2ccc3cccnc3c2O)c(OC)c1. The van der Waals surface area contributed by atoms with Gasteiger partial charge in [-0.05, 0) is 18.2 Å². The summed E-state index contributed by atoms with van der Waals surface area (Å²) < 4.78 is 10.7. The first-order valence-electron chi connectivity index (χ1n) is 8.10. The van der Waals surface area contributed by atoms with Crippen LogP contribution in [0.2, 0.25) is 0 Å². The van der Waals surface area contributed by atoms with E-state index in [4.69, 9.17) is 9.47 Å². The van der Waals surface area contributed by atoms with Crippen LogP contribution >= 0.6 is 0 Å². The number of nitrogens with one attached hydrogen (secondary N) is 1. The summed E-state index contributed by atoms with van der Waals surface area (Å²) in [5.74, 6) is 0.980. The minimum absolute atomic E-state index is 0.0275. The summed E-state index contributed by atoms with van der Waals surface area (Å²) in [6.45, 7) is 1.43. The molecule has 3 aromatic rings. The summed E-state index contributed by atoms with van der Waals surface area (Å²) in [6.07, 6.45) is 1.62. The molecule has 0 saturated heterocycles. The van der Waals surface area contributed by atoms with Gasteiger partial charge in [-0.3, -0.25) is 9.78 Å². The summed E-state index contributed by atoms with van der Waals surface area (Å²) in [6, 6.07) is 12.0. The Bertz CT molecular complexity index is 956. The van der Waals surface area contributed by atoms with Gasteiger partial charge in [0, 0.05) is 35.7 Å². The first kappa shape index (κ1) is 17.5. The molecule has 0 fully saturated rings. The van der Waals surface area contributed by atoms with Crippen molar-refractivity contribution in [3.05, 3.63) is 59.8 Å². The highest BCUT2D eigenvalue weighted by Gasteiger charge is 2.24. The van der Waals surface area contributed by atoms with Gasteiger partial charge in [0.1, 0.15) is 22.8 Å². The van der Waals surface area contributed by atoms with Crippen molar-refractivity contribution in [2.45, 2.75) is 13.0 Å². The summed E-state index contributed by atoms with van der Waals surface area (Å²) in [5.41, 5.74) is 1.72. The number of fused-ring (bicyclic) bond motifs is 1. The van der Waals surface area contributed by atoms with E-state index in [2.05, 4.69) is 10.3 Å². The topological polar surface area (TPSA) is 80.7 Å². The third-order valence-corrected chi connectivity index (χ3v) is 4.19. The first-order valence-corrected chi connectivity index (χ1v) is 8.10. The molecule has 0 aliphatic heterocycles. The Morgan fingerprint density at radius 3 is 2.58 bits per heavy atom. The van der Waals surface area contributed by atoms with Crippen molar-refractivity contribution < 1.29 is 19.4 Å². The van der Waals surface area contributed by atoms with Crippen LogP contribution in [0.1, 0.15) is 24.1 Å². The van der Waals surface area contributed by atoms with Crippen LogP contribution < -0.4 is 14.8 Å². The van der Waals surface area contributed by atoms with E-state index in [1.54, 1.807) is 50.7 Å². The Hall–Kier alpha value is -3.28. The van der Waals surface area contributed by atoms with Crippen LogP contribution in [0.3, 0.4) is 0 Å². The molecular weight excluding hydrogens is 332 g/mol. The van der Waals surface area contributed by atoms with Crippen LogP contribution in [-0.4, -0.2) is 30.2 Å². The Labute approximate surface area is 151 Å². The Morgan fingerprint density at radius 2 is 1.88 bits per heavy atom. The van der Waals surface area contributed by atoms with Gasteiger partial charge in [0.2, 0.25) is 5.91 Å². The molecule has 26 heavy (non-hydrogen) atoms. The molecule has 2 N–H and O–H groups in total. The van der Waals surface area contributed by atoms with Crippen molar-refractivity contribution >= 4 is 16.8 Å². The number of phenols is 1. The van der Waals surface area contributed by atoms with Crippen LogP contribution in [0.25, 0.3) is 10.9 Å². The number of rotatable bonds is 5. The minimum Gasteiger partial charge on any atom is -0.505 e. The molecule has 1 amide bonds. The molecule has 1 atom stereocenters. The molecule has 0 bridgehead atoms. The number of benzene rings is 2. The van der Waals surface area contributed by atoms with E-state index in [1.807, 2.05) is 12.1 Å². The van der Waals surface area contributed by atoms with Crippen LogP contribution in [0.15, 0.2) is 48.7 Å². The lowest BCUT2D eigenvalue weighted by molar-refractivity contribution is -0.119. The predicted octanol–water partition coefficient (Wildman–Crippen LogP) is 3.18. The van der Waals surface area contributed by atoms with Gasteiger partial charge >= 0.3 is 0 Å². The predicted molar refractivity (Wildman–Crippen MR) is 98.6 cm³/mol. The maximum absolute atomic E-state index is 11.8. The van der Waals surface area contributed by atoms with E-state index in [0.29, 0.717) is 28.1 Å². The zero-order valence-electron chi connectivity index (χ0n) is 14.8. The van der Waals surface area contributed by atoms with Crippen molar-refractivity contribution in [1.29, 1.82) is 0 Å². The van der Waals surface area contributed by atoms with E-state index in [9.17, 15) is 9.90 Å². The van der Waals surface area contributed by atoms with Gasteiger partial charge in [-0.25, -0.2) is 0 Å².